The number of hydrogen-bond donors (Lipinski definition) is 1. The van der Waals surface area contributed by atoms with Crippen molar-refractivity contribution < 1.29 is 4.74 Å². The zero-order valence-corrected chi connectivity index (χ0v) is 13.6. The summed E-state index contributed by atoms with van der Waals surface area (Å²) in [5.41, 5.74) is 3.02. The fourth-order valence-electron chi connectivity index (χ4n) is 4.18. The van der Waals surface area contributed by atoms with E-state index in [9.17, 15) is 0 Å². The predicted molar refractivity (Wildman–Crippen MR) is 86.6 cm³/mol. The minimum absolute atomic E-state index is 0.0213. The molecule has 0 radical (unpaired) electrons. The fourth-order valence-corrected chi connectivity index (χ4v) is 4.18. The highest BCUT2D eigenvalue weighted by molar-refractivity contribution is 5.34. The number of rotatable bonds is 3. The maximum absolute atomic E-state index is 5.78. The summed E-state index contributed by atoms with van der Waals surface area (Å²) in [5.74, 6) is 0. The van der Waals surface area contributed by atoms with Crippen molar-refractivity contribution in [3.8, 4) is 0 Å². The molecule has 3 unspecified atom stereocenters. The molecule has 0 saturated carbocycles. The summed E-state index contributed by atoms with van der Waals surface area (Å²) in [6.07, 6.45) is 4.84. The molecule has 1 aromatic rings. The van der Waals surface area contributed by atoms with Crippen LogP contribution < -0.4 is 5.32 Å². The van der Waals surface area contributed by atoms with Crippen LogP contribution in [-0.4, -0.2) is 43.8 Å². The number of ether oxygens (including phenoxy) is 1. The minimum atomic E-state index is 0.0213. The lowest BCUT2D eigenvalue weighted by Gasteiger charge is -2.47. The number of methoxy groups -OCH3 is 1. The van der Waals surface area contributed by atoms with Gasteiger partial charge in [0.1, 0.15) is 0 Å². The van der Waals surface area contributed by atoms with Crippen molar-refractivity contribution in [2.75, 3.05) is 27.2 Å². The molecule has 0 amide bonds. The first-order valence-corrected chi connectivity index (χ1v) is 8.21. The van der Waals surface area contributed by atoms with Gasteiger partial charge in [-0.3, -0.25) is 4.90 Å². The number of likely N-dealkylation sites (tertiary alicyclic amines) is 1. The Morgan fingerprint density at radius 1 is 1.33 bits per heavy atom. The van der Waals surface area contributed by atoms with E-state index in [1.54, 1.807) is 0 Å². The summed E-state index contributed by atoms with van der Waals surface area (Å²) in [6, 6.07) is 9.93. The van der Waals surface area contributed by atoms with E-state index in [1.165, 1.54) is 43.4 Å². The predicted octanol–water partition coefficient (Wildman–Crippen LogP) is 2.76. The molecule has 1 aliphatic carbocycles. The molecule has 0 aromatic heterocycles. The van der Waals surface area contributed by atoms with Gasteiger partial charge in [0, 0.05) is 25.7 Å². The molecule has 21 heavy (non-hydrogen) atoms. The molecular formula is C18H28N2O. The standard InChI is InChI=1S/C18H28N2O/c1-18(21-3)11-6-12-20(13-18)16-10-9-14-7-4-5-8-15(14)17(16)19-2/h4-5,7-8,16-17,19H,6,9-13H2,1-3H3. The highest BCUT2D eigenvalue weighted by atomic mass is 16.5. The maximum atomic E-state index is 5.78. The van der Waals surface area contributed by atoms with E-state index in [1.807, 2.05) is 7.11 Å². The molecule has 1 fully saturated rings. The van der Waals surface area contributed by atoms with Gasteiger partial charge in [0.05, 0.1) is 5.60 Å². The third-order valence-electron chi connectivity index (χ3n) is 5.45. The number of nitrogens with zero attached hydrogens (tertiary/aromatic N) is 1. The lowest BCUT2D eigenvalue weighted by molar-refractivity contribution is -0.0665. The third kappa shape index (κ3) is 2.87. The van der Waals surface area contributed by atoms with Gasteiger partial charge >= 0.3 is 0 Å². The Bertz CT molecular complexity index is 490. The molecule has 0 spiro atoms. The Balaban J connectivity index is 1.82. The second kappa shape index (κ2) is 6.07. The van der Waals surface area contributed by atoms with Gasteiger partial charge in [-0.15, -0.1) is 0 Å². The number of benzene rings is 1. The largest absolute Gasteiger partial charge is 0.377 e. The van der Waals surface area contributed by atoms with Crippen LogP contribution in [0.4, 0.5) is 0 Å². The highest BCUT2D eigenvalue weighted by Crippen LogP contribution is 2.36. The summed E-state index contributed by atoms with van der Waals surface area (Å²) in [5, 5.41) is 3.57. The number of nitrogens with one attached hydrogen (secondary N) is 1. The molecular weight excluding hydrogens is 260 g/mol. The van der Waals surface area contributed by atoms with E-state index in [0.29, 0.717) is 12.1 Å². The molecule has 0 bridgehead atoms. The lowest BCUT2D eigenvalue weighted by Crippen LogP contribution is -2.55. The van der Waals surface area contributed by atoms with Crippen LogP contribution in [0.5, 0.6) is 0 Å². The highest BCUT2D eigenvalue weighted by Gasteiger charge is 2.38. The normalized spacial score (nSPS) is 33.7. The summed E-state index contributed by atoms with van der Waals surface area (Å²) >= 11 is 0. The molecule has 116 valence electrons. The first kappa shape index (κ1) is 15.0. The molecule has 2 aliphatic rings. The molecule has 3 atom stereocenters. The number of likely N-dealkylation sites (N-methyl/N-ethyl adjacent to an activating group) is 1. The molecule has 3 nitrogen and oxygen atoms in total. The van der Waals surface area contributed by atoms with Gasteiger partial charge in [-0.1, -0.05) is 24.3 Å². The molecule has 3 heteroatoms. The summed E-state index contributed by atoms with van der Waals surface area (Å²) in [7, 11) is 3.95. The Kier molecular flexibility index (Phi) is 4.34. The van der Waals surface area contributed by atoms with E-state index < -0.39 is 0 Å². The van der Waals surface area contributed by atoms with Gasteiger partial charge in [0.15, 0.2) is 0 Å². The van der Waals surface area contributed by atoms with E-state index in [4.69, 9.17) is 4.74 Å². The van der Waals surface area contributed by atoms with Crippen molar-refractivity contribution in [1.29, 1.82) is 0 Å². The monoisotopic (exact) mass is 288 g/mol. The van der Waals surface area contributed by atoms with Gasteiger partial charge in [0.25, 0.3) is 0 Å². The van der Waals surface area contributed by atoms with Crippen molar-refractivity contribution in [3.63, 3.8) is 0 Å². The van der Waals surface area contributed by atoms with Crippen LogP contribution in [0, 0.1) is 0 Å². The van der Waals surface area contributed by atoms with Crippen molar-refractivity contribution in [3.05, 3.63) is 35.4 Å². The van der Waals surface area contributed by atoms with Crippen LogP contribution in [0.15, 0.2) is 24.3 Å². The number of hydrogen-bond acceptors (Lipinski definition) is 3. The van der Waals surface area contributed by atoms with Crippen LogP contribution in [0.1, 0.15) is 43.4 Å². The van der Waals surface area contributed by atoms with Crippen molar-refractivity contribution >= 4 is 0 Å². The Labute approximate surface area is 128 Å². The summed E-state index contributed by atoms with van der Waals surface area (Å²) in [4.78, 5) is 2.66. The van der Waals surface area contributed by atoms with Crippen LogP contribution >= 0.6 is 0 Å². The van der Waals surface area contributed by atoms with E-state index >= 15 is 0 Å². The fraction of sp³-hybridized carbons (Fsp3) is 0.667. The summed E-state index contributed by atoms with van der Waals surface area (Å²) < 4.78 is 5.78. The topological polar surface area (TPSA) is 24.5 Å². The second-order valence-electron chi connectivity index (χ2n) is 6.80. The van der Waals surface area contributed by atoms with E-state index in [-0.39, 0.29) is 5.60 Å². The maximum Gasteiger partial charge on any atom is 0.0777 e. The smallest absolute Gasteiger partial charge is 0.0777 e. The number of aryl methyl sites for hydroxylation is 1. The Morgan fingerprint density at radius 3 is 2.90 bits per heavy atom. The van der Waals surface area contributed by atoms with Gasteiger partial charge in [-0.2, -0.15) is 0 Å². The molecule has 1 heterocycles. The van der Waals surface area contributed by atoms with Gasteiger partial charge in [0.2, 0.25) is 0 Å². The van der Waals surface area contributed by atoms with E-state index in [0.717, 1.165) is 6.54 Å². The first-order valence-electron chi connectivity index (χ1n) is 8.21. The van der Waals surface area contributed by atoms with Gasteiger partial charge in [-0.05, 0) is 57.3 Å². The quantitative estimate of drug-likeness (QED) is 0.925. The van der Waals surface area contributed by atoms with E-state index in [2.05, 4.69) is 48.5 Å². The van der Waals surface area contributed by atoms with Crippen LogP contribution in [-0.2, 0) is 11.2 Å². The average molecular weight is 288 g/mol. The van der Waals surface area contributed by atoms with Gasteiger partial charge in [-0.25, -0.2) is 0 Å². The minimum Gasteiger partial charge on any atom is -0.377 e. The summed E-state index contributed by atoms with van der Waals surface area (Å²) in [6.45, 7) is 4.50. The molecule has 1 N–H and O–H groups in total. The second-order valence-corrected chi connectivity index (χ2v) is 6.80. The molecule has 1 aliphatic heterocycles. The lowest BCUT2D eigenvalue weighted by atomic mass is 9.81. The zero-order chi connectivity index (χ0) is 14.9. The van der Waals surface area contributed by atoms with Crippen molar-refractivity contribution in [2.45, 2.75) is 50.3 Å². The number of fused-ring (bicyclic) bond motifs is 1. The van der Waals surface area contributed by atoms with Crippen LogP contribution in [0.2, 0.25) is 0 Å². The Hall–Kier alpha value is -0.900. The first-order chi connectivity index (χ1) is 10.2. The molecule has 1 saturated heterocycles. The van der Waals surface area contributed by atoms with Gasteiger partial charge < -0.3 is 10.1 Å². The Morgan fingerprint density at radius 2 is 2.14 bits per heavy atom. The molecule has 1 aromatic carbocycles. The van der Waals surface area contributed by atoms with Crippen molar-refractivity contribution in [1.82, 2.24) is 10.2 Å². The van der Waals surface area contributed by atoms with Crippen molar-refractivity contribution in [2.24, 2.45) is 0 Å². The average Bonchev–Trinajstić information content (AvgIpc) is 2.53. The molecule has 3 rings (SSSR count). The third-order valence-corrected chi connectivity index (χ3v) is 5.45. The number of piperidine rings is 1. The van der Waals surface area contributed by atoms with Crippen LogP contribution in [0.3, 0.4) is 0 Å². The zero-order valence-electron chi connectivity index (χ0n) is 13.6. The SMILES string of the molecule is CNC1c2ccccc2CCC1N1CCCC(C)(OC)C1. The van der Waals surface area contributed by atoms with Crippen LogP contribution in [0.25, 0.3) is 0 Å².